The summed E-state index contributed by atoms with van der Waals surface area (Å²) in [6.07, 6.45) is 2.05. The lowest BCUT2D eigenvalue weighted by atomic mass is 10.1. The number of carboxylic acid groups (broad SMARTS) is 1. The number of rotatable bonds is 8. The lowest BCUT2D eigenvalue weighted by Crippen LogP contribution is -2.46. The van der Waals surface area contributed by atoms with E-state index in [1.165, 1.54) is 0 Å². The number of carbonyl (C=O) groups is 2. The van der Waals surface area contributed by atoms with Crippen LogP contribution in [0.2, 0.25) is 0 Å². The average molecular weight is 257 g/mol. The summed E-state index contributed by atoms with van der Waals surface area (Å²) in [5.74, 6) is -0.675. The number of aliphatic carboxylic acids is 1. The fourth-order valence-electron chi connectivity index (χ4n) is 1.64. The van der Waals surface area contributed by atoms with Crippen LogP contribution in [0.25, 0.3) is 0 Å². The van der Waals surface area contributed by atoms with E-state index in [2.05, 4.69) is 19.2 Å². The summed E-state index contributed by atoms with van der Waals surface area (Å²) in [4.78, 5) is 22.8. The highest BCUT2D eigenvalue weighted by molar-refractivity contribution is 5.86. The van der Waals surface area contributed by atoms with Gasteiger partial charge < -0.3 is 15.2 Å². The van der Waals surface area contributed by atoms with Crippen LogP contribution in [0.1, 0.15) is 40.0 Å². The van der Waals surface area contributed by atoms with Crippen molar-refractivity contribution in [2.75, 3.05) is 6.61 Å². The number of carbonyl (C=O) groups excluding carboxylic acids is 1. The van der Waals surface area contributed by atoms with E-state index >= 15 is 0 Å². The van der Waals surface area contributed by atoms with Gasteiger partial charge in [-0.2, -0.15) is 0 Å². The predicted molar refractivity (Wildman–Crippen MR) is 67.2 cm³/mol. The summed E-state index contributed by atoms with van der Waals surface area (Å²) in [6.45, 7) is 6.35. The third-order valence-corrected chi connectivity index (χ3v) is 3.09. The normalized spacial score (nSPS) is 18.4. The molecule has 0 heterocycles. The SMILES string of the molecule is CC(C)CCOC(C)C(=O)NC(C(=O)O)C1CC1. The van der Waals surface area contributed by atoms with E-state index < -0.39 is 18.1 Å². The Bertz CT molecular complexity index is 299. The maximum atomic E-state index is 11.8. The monoisotopic (exact) mass is 257 g/mol. The Morgan fingerprint density at radius 1 is 1.33 bits per heavy atom. The van der Waals surface area contributed by atoms with Gasteiger partial charge in [-0.05, 0) is 38.0 Å². The Morgan fingerprint density at radius 2 is 1.94 bits per heavy atom. The molecule has 0 spiro atoms. The first-order valence-corrected chi connectivity index (χ1v) is 6.56. The summed E-state index contributed by atoms with van der Waals surface area (Å²) in [5, 5.41) is 11.6. The van der Waals surface area contributed by atoms with Gasteiger partial charge in [0.25, 0.3) is 0 Å². The number of carboxylic acids is 1. The Hall–Kier alpha value is -1.10. The van der Waals surface area contributed by atoms with Crippen LogP contribution in [0.3, 0.4) is 0 Å². The lowest BCUT2D eigenvalue weighted by molar-refractivity contribution is -0.144. The Balaban J connectivity index is 2.31. The van der Waals surface area contributed by atoms with Crippen molar-refractivity contribution in [2.24, 2.45) is 11.8 Å². The minimum Gasteiger partial charge on any atom is -0.480 e. The van der Waals surface area contributed by atoms with Gasteiger partial charge in [0.2, 0.25) is 5.91 Å². The maximum Gasteiger partial charge on any atom is 0.326 e. The topological polar surface area (TPSA) is 75.6 Å². The number of nitrogens with one attached hydrogen (secondary N) is 1. The van der Waals surface area contributed by atoms with Crippen molar-refractivity contribution in [3.63, 3.8) is 0 Å². The molecule has 5 nitrogen and oxygen atoms in total. The van der Waals surface area contributed by atoms with E-state index in [1.807, 2.05) is 0 Å². The second kappa shape index (κ2) is 6.73. The third kappa shape index (κ3) is 5.04. The standard InChI is InChI=1S/C13H23NO4/c1-8(2)6-7-18-9(3)12(15)14-11(13(16)17)10-4-5-10/h8-11H,4-7H2,1-3H3,(H,14,15)(H,16,17). The summed E-state index contributed by atoms with van der Waals surface area (Å²) < 4.78 is 5.39. The molecule has 1 saturated carbocycles. The molecule has 0 aromatic carbocycles. The van der Waals surface area contributed by atoms with E-state index in [4.69, 9.17) is 9.84 Å². The minimum atomic E-state index is -0.958. The second-order valence-corrected chi connectivity index (χ2v) is 5.36. The third-order valence-electron chi connectivity index (χ3n) is 3.09. The zero-order valence-electron chi connectivity index (χ0n) is 11.3. The molecule has 0 saturated heterocycles. The van der Waals surface area contributed by atoms with Gasteiger partial charge in [-0.15, -0.1) is 0 Å². The maximum absolute atomic E-state index is 11.8. The fourth-order valence-corrected chi connectivity index (χ4v) is 1.64. The molecule has 0 aromatic rings. The fraction of sp³-hybridized carbons (Fsp3) is 0.846. The molecule has 18 heavy (non-hydrogen) atoms. The van der Waals surface area contributed by atoms with E-state index in [9.17, 15) is 9.59 Å². The summed E-state index contributed by atoms with van der Waals surface area (Å²) in [7, 11) is 0. The van der Waals surface area contributed by atoms with Crippen molar-refractivity contribution in [2.45, 2.75) is 52.2 Å². The predicted octanol–water partition coefficient (Wildman–Crippen LogP) is 1.42. The van der Waals surface area contributed by atoms with Crippen molar-refractivity contribution in [3.05, 3.63) is 0 Å². The van der Waals surface area contributed by atoms with Crippen LogP contribution in [-0.2, 0) is 14.3 Å². The molecule has 0 aromatic heterocycles. The number of hydrogen-bond acceptors (Lipinski definition) is 3. The van der Waals surface area contributed by atoms with Crippen molar-refractivity contribution in [3.8, 4) is 0 Å². The number of amides is 1. The average Bonchev–Trinajstić information content (AvgIpc) is 3.08. The highest BCUT2D eigenvalue weighted by Gasteiger charge is 2.37. The molecule has 1 amide bonds. The molecule has 0 aliphatic heterocycles. The smallest absolute Gasteiger partial charge is 0.326 e. The van der Waals surface area contributed by atoms with Crippen molar-refractivity contribution < 1.29 is 19.4 Å². The second-order valence-electron chi connectivity index (χ2n) is 5.36. The summed E-state index contributed by atoms with van der Waals surface area (Å²) in [5.41, 5.74) is 0. The summed E-state index contributed by atoms with van der Waals surface area (Å²) >= 11 is 0. The molecule has 2 atom stereocenters. The molecule has 2 N–H and O–H groups in total. The molecule has 0 radical (unpaired) electrons. The van der Waals surface area contributed by atoms with E-state index in [1.54, 1.807) is 6.92 Å². The largest absolute Gasteiger partial charge is 0.480 e. The highest BCUT2D eigenvalue weighted by Crippen LogP contribution is 2.32. The molecule has 1 fully saturated rings. The first-order chi connectivity index (χ1) is 8.41. The number of hydrogen-bond donors (Lipinski definition) is 2. The van der Waals surface area contributed by atoms with Gasteiger partial charge in [0, 0.05) is 6.61 Å². The number of ether oxygens (including phenoxy) is 1. The van der Waals surface area contributed by atoms with Crippen molar-refractivity contribution >= 4 is 11.9 Å². The Kier molecular flexibility index (Phi) is 5.59. The van der Waals surface area contributed by atoms with E-state index in [-0.39, 0.29) is 11.8 Å². The van der Waals surface area contributed by atoms with Crippen LogP contribution in [0, 0.1) is 11.8 Å². The Labute approximate surface area is 108 Å². The zero-order valence-corrected chi connectivity index (χ0v) is 11.3. The van der Waals surface area contributed by atoms with E-state index in [0.717, 1.165) is 19.3 Å². The van der Waals surface area contributed by atoms with Crippen LogP contribution in [-0.4, -0.2) is 35.7 Å². The van der Waals surface area contributed by atoms with Gasteiger partial charge in [0.1, 0.15) is 12.1 Å². The van der Waals surface area contributed by atoms with Gasteiger partial charge in [-0.25, -0.2) is 4.79 Å². The van der Waals surface area contributed by atoms with Crippen LogP contribution in [0.4, 0.5) is 0 Å². The first-order valence-electron chi connectivity index (χ1n) is 6.56. The minimum absolute atomic E-state index is 0.0920. The lowest BCUT2D eigenvalue weighted by Gasteiger charge is -2.18. The first kappa shape index (κ1) is 15.0. The Morgan fingerprint density at radius 3 is 2.39 bits per heavy atom. The molecule has 5 heteroatoms. The summed E-state index contributed by atoms with van der Waals surface area (Å²) in [6, 6.07) is -0.756. The van der Waals surface area contributed by atoms with Crippen LogP contribution in [0.15, 0.2) is 0 Å². The molecule has 104 valence electrons. The van der Waals surface area contributed by atoms with E-state index in [0.29, 0.717) is 12.5 Å². The van der Waals surface area contributed by atoms with Gasteiger partial charge in [-0.3, -0.25) is 4.79 Å². The molecular weight excluding hydrogens is 234 g/mol. The molecular formula is C13H23NO4. The van der Waals surface area contributed by atoms with Gasteiger partial charge >= 0.3 is 5.97 Å². The quantitative estimate of drug-likeness (QED) is 0.689. The van der Waals surface area contributed by atoms with Crippen molar-refractivity contribution in [1.82, 2.24) is 5.32 Å². The zero-order chi connectivity index (χ0) is 13.7. The van der Waals surface area contributed by atoms with Crippen molar-refractivity contribution in [1.29, 1.82) is 0 Å². The molecule has 1 rings (SSSR count). The van der Waals surface area contributed by atoms with Gasteiger partial charge in [0.15, 0.2) is 0 Å². The highest BCUT2D eigenvalue weighted by atomic mass is 16.5. The molecule has 1 aliphatic carbocycles. The van der Waals surface area contributed by atoms with Crippen LogP contribution in [0.5, 0.6) is 0 Å². The molecule has 2 unspecified atom stereocenters. The molecule has 1 aliphatic rings. The molecule has 0 bridgehead atoms. The van der Waals surface area contributed by atoms with Gasteiger partial charge in [0.05, 0.1) is 0 Å². The van der Waals surface area contributed by atoms with Gasteiger partial charge in [-0.1, -0.05) is 13.8 Å². The van der Waals surface area contributed by atoms with Crippen LogP contribution < -0.4 is 5.32 Å². The van der Waals surface area contributed by atoms with Crippen LogP contribution >= 0.6 is 0 Å².